The summed E-state index contributed by atoms with van der Waals surface area (Å²) >= 11 is 0. The lowest BCUT2D eigenvalue weighted by Crippen LogP contribution is -2.10. The van der Waals surface area contributed by atoms with Crippen LogP contribution in [0.2, 0.25) is 0 Å². The first-order valence-electron chi connectivity index (χ1n) is 20.7. The highest BCUT2D eigenvalue weighted by Gasteiger charge is 2.24. The summed E-state index contributed by atoms with van der Waals surface area (Å²) < 4.78 is 10.7. The van der Waals surface area contributed by atoms with Crippen LogP contribution < -0.4 is 0 Å². The zero-order valence-electron chi connectivity index (χ0n) is 34.9. The van der Waals surface area contributed by atoms with Gasteiger partial charge in [-0.1, -0.05) is 126 Å². The number of hydrogen-bond acceptors (Lipinski definition) is 4. The molecule has 4 heterocycles. The van der Waals surface area contributed by atoms with Gasteiger partial charge in [0.2, 0.25) is 11.6 Å². The Morgan fingerprint density at radius 2 is 1.05 bits per heavy atom. The molecule has 0 aliphatic heterocycles. The number of aromatic nitrogens is 5. The van der Waals surface area contributed by atoms with Crippen LogP contribution in [0.25, 0.3) is 105 Å². The minimum absolute atomic E-state index is 0.0308. The molecule has 7 heteroatoms. The third-order valence-corrected chi connectivity index (χ3v) is 12.1. The van der Waals surface area contributed by atoms with Gasteiger partial charge in [0.05, 0.1) is 34.3 Å². The van der Waals surface area contributed by atoms with Crippen molar-refractivity contribution in [2.45, 2.75) is 52.4 Å². The molecule has 294 valence electrons. The normalized spacial score (nSPS) is 12.4. The van der Waals surface area contributed by atoms with E-state index in [0.717, 1.165) is 82.4 Å². The largest absolute Gasteiger partial charge is 0.456 e. The fourth-order valence-corrected chi connectivity index (χ4v) is 8.87. The number of hydrogen-bond donors (Lipinski definition) is 0. The molecule has 0 amide bonds. The predicted molar refractivity (Wildman–Crippen MR) is 250 cm³/mol. The second-order valence-corrected chi connectivity index (χ2v) is 18.1. The summed E-state index contributed by atoms with van der Waals surface area (Å²) in [6.07, 6.45) is 0. The van der Waals surface area contributed by atoms with E-state index >= 15 is 0 Å². The molecule has 7 nitrogen and oxygen atoms in total. The number of para-hydroxylation sites is 2. The van der Waals surface area contributed by atoms with Crippen LogP contribution in [0.3, 0.4) is 0 Å². The molecule has 0 bridgehead atoms. The van der Waals surface area contributed by atoms with E-state index in [1.807, 2.05) is 72.8 Å². The van der Waals surface area contributed by atoms with Crippen molar-refractivity contribution in [3.8, 4) is 34.4 Å². The monoisotopic (exact) mass is 790 g/mol. The Morgan fingerprint density at radius 3 is 1.72 bits per heavy atom. The number of rotatable bonds is 4. The summed E-state index contributed by atoms with van der Waals surface area (Å²) in [4.78, 5) is 19.7. The molecule has 11 aromatic rings. The number of fused-ring (bicyclic) bond motifs is 9. The molecule has 0 saturated heterocycles. The second-order valence-electron chi connectivity index (χ2n) is 18.1. The Labute approximate surface area is 353 Å². The van der Waals surface area contributed by atoms with Crippen LogP contribution in [0.4, 0.5) is 5.69 Å². The molecule has 4 aromatic heterocycles. The third-order valence-electron chi connectivity index (χ3n) is 12.1. The highest BCUT2D eigenvalue weighted by molar-refractivity contribution is 6.17. The summed E-state index contributed by atoms with van der Waals surface area (Å²) in [5.74, 6) is 1.56. The average molecular weight is 791 g/mol. The van der Waals surface area contributed by atoms with Crippen molar-refractivity contribution in [1.29, 1.82) is 0 Å². The van der Waals surface area contributed by atoms with Gasteiger partial charge >= 0.3 is 0 Å². The molecule has 0 N–H and O–H groups in total. The zero-order chi connectivity index (χ0) is 41.8. The van der Waals surface area contributed by atoms with E-state index in [2.05, 4.69) is 128 Å². The van der Waals surface area contributed by atoms with Gasteiger partial charge < -0.3 is 8.98 Å². The predicted octanol–water partition coefficient (Wildman–Crippen LogP) is 14.4. The van der Waals surface area contributed by atoms with Gasteiger partial charge in [-0.05, 0) is 82.6 Å². The third kappa shape index (κ3) is 5.82. The van der Waals surface area contributed by atoms with E-state index in [0.29, 0.717) is 23.3 Å². The minimum atomic E-state index is -0.0308. The lowest BCUT2D eigenvalue weighted by atomic mass is 9.85. The highest BCUT2D eigenvalue weighted by Crippen LogP contribution is 2.42. The average Bonchev–Trinajstić information content (AvgIpc) is 3.91. The molecule has 0 aliphatic carbocycles. The molecular weight excluding hydrogens is 749 g/mol. The number of nitrogens with zero attached hydrogens (tertiary/aromatic N) is 6. The molecule has 0 fully saturated rings. The summed E-state index contributed by atoms with van der Waals surface area (Å²) in [5, 5.41) is 6.56. The van der Waals surface area contributed by atoms with Crippen LogP contribution in [0.1, 0.15) is 52.7 Å². The summed E-state index contributed by atoms with van der Waals surface area (Å²) in [6.45, 7) is 22.1. The van der Waals surface area contributed by atoms with E-state index in [1.54, 1.807) is 0 Å². The summed E-state index contributed by atoms with van der Waals surface area (Å²) in [5.41, 5.74) is 11.1. The van der Waals surface area contributed by atoms with Gasteiger partial charge in [-0.25, -0.2) is 9.83 Å². The van der Waals surface area contributed by atoms with Gasteiger partial charge in [0, 0.05) is 43.4 Å². The van der Waals surface area contributed by atoms with E-state index in [-0.39, 0.29) is 10.8 Å². The topological polar surface area (TPSA) is 66.0 Å². The van der Waals surface area contributed by atoms with E-state index in [9.17, 15) is 0 Å². The molecule has 7 aromatic carbocycles. The first kappa shape index (κ1) is 36.5. The molecule has 0 saturated carbocycles. The SMILES string of the molecule is [C-]#[N+]c1cc(-c2nc(-c3ccccc3)nc(-n3c4ccc(C(C)(C)C)cc4c4cc(C(C)(C)C)ccc43)n2)ccc1-n1c2ccccc2c2cc3oc4ccccc4c3cc21. The van der Waals surface area contributed by atoms with Gasteiger partial charge in [-0.3, -0.25) is 4.57 Å². The highest BCUT2D eigenvalue weighted by atomic mass is 16.3. The van der Waals surface area contributed by atoms with Crippen molar-refractivity contribution in [1.82, 2.24) is 24.1 Å². The van der Waals surface area contributed by atoms with Crippen LogP contribution in [0.5, 0.6) is 0 Å². The lowest BCUT2D eigenvalue weighted by molar-refractivity contribution is 0.590. The quantitative estimate of drug-likeness (QED) is 0.167. The fraction of sp³-hybridized carbons (Fsp3) is 0.148. The first-order valence-corrected chi connectivity index (χ1v) is 20.7. The van der Waals surface area contributed by atoms with Crippen molar-refractivity contribution >= 4 is 71.2 Å². The van der Waals surface area contributed by atoms with Gasteiger partial charge in [0.15, 0.2) is 11.6 Å². The molecule has 0 atom stereocenters. The Balaban J connectivity index is 1.14. The summed E-state index contributed by atoms with van der Waals surface area (Å²) in [6, 6.07) is 50.3. The van der Waals surface area contributed by atoms with Gasteiger partial charge in [0.25, 0.3) is 0 Å². The molecule has 0 radical (unpaired) electrons. The first-order chi connectivity index (χ1) is 29.4. The lowest BCUT2D eigenvalue weighted by Gasteiger charge is -2.19. The maximum atomic E-state index is 8.55. The Bertz CT molecular complexity index is 3550. The van der Waals surface area contributed by atoms with Crippen LogP contribution in [-0.2, 0) is 10.8 Å². The molecule has 61 heavy (non-hydrogen) atoms. The van der Waals surface area contributed by atoms with E-state index in [4.69, 9.17) is 25.9 Å². The molecule has 0 unspecified atom stereocenters. The van der Waals surface area contributed by atoms with Crippen molar-refractivity contribution in [2.75, 3.05) is 0 Å². The Hall–Kier alpha value is -7.56. The molecular formula is C54H42N6O. The van der Waals surface area contributed by atoms with Crippen molar-refractivity contribution in [3.05, 3.63) is 168 Å². The second kappa shape index (κ2) is 13.2. The molecule has 11 rings (SSSR count). The van der Waals surface area contributed by atoms with Gasteiger partial charge in [-0.2, -0.15) is 9.97 Å². The Morgan fingerprint density at radius 1 is 0.459 bits per heavy atom. The molecule has 0 aliphatic rings. The Kier molecular flexibility index (Phi) is 7.92. The summed E-state index contributed by atoms with van der Waals surface area (Å²) in [7, 11) is 0. The standard InChI is InChI=1S/C54H42N6O/c1-53(2,3)34-22-25-44-38(28-34)39-29-35(54(4,5)6)23-26-45(39)60(44)52-57-50(32-15-9-8-10-16-32)56-51(58-52)33-21-24-46(42(27-33)55-7)59-43-19-13-11-17-36(43)40-31-49-41(30-47(40)59)37-18-12-14-20-48(37)61-49/h8-31H,1-6H3. The smallest absolute Gasteiger partial charge is 0.238 e. The van der Waals surface area contributed by atoms with Crippen LogP contribution >= 0.6 is 0 Å². The number of furan rings is 1. The maximum absolute atomic E-state index is 8.55. The van der Waals surface area contributed by atoms with E-state index in [1.165, 1.54) is 11.1 Å². The van der Waals surface area contributed by atoms with Gasteiger partial charge in [-0.15, -0.1) is 0 Å². The van der Waals surface area contributed by atoms with Crippen molar-refractivity contribution in [2.24, 2.45) is 0 Å². The van der Waals surface area contributed by atoms with Crippen molar-refractivity contribution < 1.29 is 4.42 Å². The van der Waals surface area contributed by atoms with Crippen LogP contribution in [-0.4, -0.2) is 24.1 Å². The maximum Gasteiger partial charge on any atom is 0.238 e. The number of benzene rings is 7. The minimum Gasteiger partial charge on any atom is -0.456 e. The van der Waals surface area contributed by atoms with E-state index < -0.39 is 0 Å². The fourth-order valence-electron chi connectivity index (χ4n) is 8.87. The van der Waals surface area contributed by atoms with Crippen LogP contribution in [0.15, 0.2) is 150 Å². The van der Waals surface area contributed by atoms with Gasteiger partial charge in [0.1, 0.15) is 11.2 Å². The molecule has 0 spiro atoms. The van der Waals surface area contributed by atoms with Crippen molar-refractivity contribution in [3.63, 3.8) is 0 Å². The zero-order valence-corrected chi connectivity index (χ0v) is 34.9. The van der Waals surface area contributed by atoms with Crippen LogP contribution in [0, 0.1) is 6.57 Å².